The summed E-state index contributed by atoms with van der Waals surface area (Å²) in [5.74, 6) is 0.889. The van der Waals surface area contributed by atoms with Crippen LogP contribution in [0.1, 0.15) is 31.7 Å². The van der Waals surface area contributed by atoms with Crippen molar-refractivity contribution in [1.29, 1.82) is 0 Å². The fraction of sp³-hybridized carbons (Fsp3) is 0.467. The molecule has 0 saturated heterocycles. The van der Waals surface area contributed by atoms with E-state index in [0.717, 1.165) is 18.5 Å². The van der Waals surface area contributed by atoms with Crippen LogP contribution in [0, 0.1) is 12.7 Å². The van der Waals surface area contributed by atoms with Gasteiger partial charge in [0.25, 0.3) is 0 Å². The molecule has 0 aliphatic carbocycles. The average molecular weight is 277 g/mol. The van der Waals surface area contributed by atoms with Gasteiger partial charge in [-0.1, -0.05) is 19.0 Å². The van der Waals surface area contributed by atoms with Crippen molar-refractivity contribution in [2.45, 2.75) is 39.7 Å². The van der Waals surface area contributed by atoms with E-state index in [1.165, 1.54) is 6.07 Å². The van der Waals surface area contributed by atoms with Crippen LogP contribution in [0.3, 0.4) is 0 Å². The van der Waals surface area contributed by atoms with Crippen molar-refractivity contribution in [2.24, 2.45) is 0 Å². The van der Waals surface area contributed by atoms with Gasteiger partial charge < -0.3 is 9.84 Å². The van der Waals surface area contributed by atoms with Crippen molar-refractivity contribution in [3.8, 4) is 11.4 Å². The van der Waals surface area contributed by atoms with Gasteiger partial charge in [0, 0.05) is 18.0 Å². The first-order valence-corrected chi connectivity index (χ1v) is 6.96. The summed E-state index contributed by atoms with van der Waals surface area (Å²) in [6.07, 6.45) is 1.71. The minimum absolute atomic E-state index is 0.226. The summed E-state index contributed by atoms with van der Waals surface area (Å²) in [6.45, 7) is 6.83. The van der Waals surface area contributed by atoms with Gasteiger partial charge in [-0.15, -0.1) is 0 Å². The van der Waals surface area contributed by atoms with Crippen LogP contribution in [0.5, 0.6) is 0 Å². The quantitative estimate of drug-likeness (QED) is 0.881. The molecule has 0 aliphatic rings. The fourth-order valence-corrected chi connectivity index (χ4v) is 2.10. The van der Waals surface area contributed by atoms with Crippen LogP contribution < -0.4 is 5.32 Å². The molecular weight excluding hydrogens is 257 g/mol. The van der Waals surface area contributed by atoms with Crippen LogP contribution in [0.4, 0.5) is 4.39 Å². The zero-order chi connectivity index (χ0) is 14.5. The predicted octanol–water partition coefficient (Wildman–Crippen LogP) is 3.11. The van der Waals surface area contributed by atoms with Gasteiger partial charge in [-0.2, -0.15) is 4.98 Å². The first-order valence-electron chi connectivity index (χ1n) is 6.96. The Balaban J connectivity index is 2.13. The van der Waals surface area contributed by atoms with Gasteiger partial charge in [-0.25, -0.2) is 4.39 Å². The molecule has 1 aromatic heterocycles. The van der Waals surface area contributed by atoms with Crippen molar-refractivity contribution in [2.75, 3.05) is 6.54 Å². The highest BCUT2D eigenvalue weighted by molar-refractivity contribution is 5.55. The van der Waals surface area contributed by atoms with Crippen LogP contribution in [-0.2, 0) is 6.42 Å². The van der Waals surface area contributed by atoms with Gasteiger partial charge >= 0.3 is 0 Å². The molecule has 0 aliphatic heterocycles. The Bertz CT molecular complexity index is 568. The van der Waals surface area contributed by atoms with Crippen molar-refractivity contribution >= 4 is 0 Å². The molecule has 2 rings (SSSR count). The molecule has 0 bridgehead atoms. The Morgan fingerprint density at radius 2 is 2.15 bits per heavy atom. The standard InChI is InChI=1S/C15H20FN3O/c1-4-12(17-5-2)9-14-18-15(19-20-14)11-6-7-13(16)10(3)8-11/h6-8,12,17H,4-5,9H2,1-3H3. The fourth-order valence-electron chi connectivity index (χ4n) is 2.10. The number of hydrogen-bond acceptors (Lipinski definition) is 4. The Labute approximate surface area is 118 Å². The van der Waals surface area contributed by atoms with Crippen molar-refractivity contribution < 1.29 is 8.91 Å². The van der Waals surface area contributed by atoms with Crippen LogP contribution in [0.25, 0.3) is 11.4 Å². The number of hydrogen-bond donors (Lipinski definition) is 1. The summed E-state index contributed by atoms with van der Waals surface area (Å²) in [5, 5.41) is 7.34. The summed E-state index contributed by atoms with van der Waals surface area (Å²) in [7, 11) is 0. The molecule has 4 nitrogen and oxygen atoms in total. The van der Waals surface area contributed by atoms with Crippen LogP contribution in [0.2, 0.25) is 0 Å². The second-order valence-corrected chi connectivity index (χ2v) is 4.84. The van der Waals surface area contributed by atoms with E-state index in [1.807, 2.05) is 0 Å². The molecule has 0 fully saturated rings. The van der Waals surface area contributed by atoms with Crippen molar-refractivity contribution in [1.82, 2.24) is 15.5 Å². The molecule has 2 aromatic rings. The molecule has 5 heteroatoms. The lowest BCUT2D eigenvalue weighted by atomic mass is 10.1. The largest absolute Gasteiger partial charge is 0.339 e. The number of halogens is 1. The third-order valence-electron chi connectivity index (χ3n) is 3.29. The molecule has 0 spiro atoms. The SMILES string of the molecule is CCNC(CC)Cc1nc(-c2ccc(F)c(C)c2)no1. The molecule has 1 aromatic carbocycles. The second kappa shape index (κ2) is 6.61. The third kappa shape index (κ3) is 3.42. The topological polar surface area (TPSA) is 51.0 Å². The molecule has 1 atom stereocenters. The van der Waals surface area contributed by atoms with E-state index in [4.69, 9.17) is 4.52 Å². The van der Waals surface area contributed by atoms with Gasteiger partial charge in [0.15, 0.2) is 0 Å². The van der Waals surface area contributed by atoms with E-state index in [0.29, 0.717) is 29.7 Å². The molecule has 108 valence electrons. The van der Waals surface area contributed by atoms with E-state index in [-0.39, 0.29) is 5.82 Å². The summed E-state index contributed by atoms with van der Waals surface area (Å²) < 4.78 is 18.5. The summed E-state index contributed by atoms with van der Waals surface area (Å²) in [4.78, 5) is 4.38. The van der Waals surface area contributed by atoms with E-state index >= 15 is 0 Å². The first-order chi connectivity index (χ1) is 9.63. The number of nitrogens with zero attached hydrogens (tertiary/aromatic N) is 2. The molecule has 1 N–H and O–H groups in total. The predicted molar refractivity (Wildman–Crippen MR) is 75.9 cm³/mol. The Kier molecular flexibility index (Phi) is 4.84. The lowest BCUT2D eigenvalue weighted by Gasteiger charge is -2.12. The van der Waals surface area contributed by atoms with E-state index in [1.54, 1.807) is 19.1 Å². The molecule has 0 saturated carbocycles. The molecule has 0 radical (unpaired) electrons. The van der Waals surface area contributed by atoms with Gasteiger partial charge in [-0.05, 0) is 43.7 Å². The minimum Gasteiger partial charge on any atom is -0.339 e. The zero-order valence-electron chi connectivity index (χ0n) is 12.1. The van der Waals surface area contributed by atoms with E-state index in [2.05, 4.69) is 29.3 Å². The first kappa shape index (κ1) is 14.7. The van der Waals surface area contributed by atoms with E-state index < -0.39 is 0 Å². The number of nitrogens with one attached hydrogen (secondary N) is 1. The van der Waals surface area contributed by atoms with Crippen LogP contribution in [0.15, 0.2) is 22.7 Å². The Morgan fingerprint density at radius 3 is 2.80 bits per heavy atom. The van der Waals surface area contributed by atoms with Crippen LogP contribution >= 0.6 is 0 Å². The summed E-state index contributed by atoms with van der Waals surface area (Å²) in [6, 6.07) is 5.15. The zero-order valence-corrected chi connectivity index (χ0v) is 12.1. The normalized spacial score (nSPS) is 12.6. The minimum atomic E-state index is -0.226. The number of aryl methyl sites for hydroxylation is 1. The van der Waals surface area contributed by atoms with Gasteiger partial charge in [0.2, 0.25) is 11.7 Å². The second-order valence-electron chi connectivity index (χ2n) is 4.84. The molecule has 1 unspecified atom stereocenters. The maximum absolute atomic E-state index is 13.2. The Morgan fingerprint density at radius 1 is 1.35 bits per heavy atom. The van der Waals surface area contributed by atoms with Crippen LogP contribution in [-0.4, -0.2) is 22.7 Å². The smallest absolute Gasteiger partial charge is 0.228 e. The number of rotatable bonds is 6. The molecule has 0 amide bonds. The Hall–Kier alpha value is -1.75. The number of likely N-dealkylation sites (N-methyl/N-ethyl adjacent to an activating group) is 1. The van der Waals surface area contributed by atoms with Gasteiger partial charge in [-0.3, -0.25) is 0 Å². The van der Waals surface area contributed by atoms with E-state index in [9.17, 15) is 4.39 Å². The molecular formula is C15H20FN3O. The number of benzene rings is 1. The average Bonchev–Trinajstić information content (AvgIpc) is 2.90. The lowest BCUT2D eigenvalue weighted by Crippen LogP contribution is -2.30. The van der Waals surface area contributed by atoms with Crippen molar-refractivity contribution in [3.05, 3.63) is 35.5 Å². The summed E-state index contributed by atoms with van der Waals surface area (Å²) in [5.41, 5.74) is 1.35. The maximum Gasteiger partial charge on any atom is 0.228 e. The van der Waals surface area contributed by atoms with Gasteiger partial charge in [0.1, 0.15) is 5.82 Å². The molecule has 20 heavy (non-hydrogen) atoms. The highest BCUT2D eigenvalue weighted by Gasteiger charge is 2.13. The third-order valence-corrected chi connectivity index (χ3v) is 3.29. The lowest BCUT2D eigenvalue weighted by molar-refractivity contribution is 0.355. The monoisotopic (exact) mass is 277 g/mol. The number of aromatic nitrogens is 2. The highest BCUT2D eigenvalue weighted by atomic mass is 19.1. The summed E-state index contributed by atoms with van der Waals surface area (Å²) >= 11 is 0. The van der Waals surface area contributed by atoms with Crippen molar-refractivity contribution in [3.63, 3.8) is 0 Å². The maximum atomic E-state index is 13.2. The highest BCUT2D eigenvalue weighted by Crippen LogP contribution is 2.19. The molecule has 1 heterocycles. The van der Waals surface area contributed by atoms with Gasteiger partial charge in [0.05, 0.1) is 0 Å².